The number of ether oxygens (including phenoxy) is 3. The molecular formula is C60H106O6. The van der Waals surface area contributed by atoms with Gasteiger partial charge >= 0.3 is 17.9 Å². The lowest BCUT2D eigenvalue weighted by Crippen LogP contribution is -2.30. The molecule has 0 aromatic rings. The van der Waals surface area contributed by atoms with Crippen LogP contribution in [0.15, 0.2) is 60.8 Å². The zero-order valence-electron chi connectivity index (χ0n) is 43.7. The van der Waals surface area contributed by atoms with Crippen molar-refractivity contribution >= 4 is 17.9 Å². The molecule has 0 radical (unpaired) electrons. The van der Waals surface area contributed by atoms with Crippen molar-refractivity contribution in [2.75, 3.05) is 13.2 Å². The fourth-order valence-electron chi connectivity index (χ4n) is 8.02. The van der Waals surface area contributed by atoms with Gasteiger partial charge in [0, 0.05) is 19.3 Å². The van der Waals surface area contributed by atoms with Crippen LogP contribution in [-0.2, 0) is 28.6 Å². The molecule has 0 N–H and O–H groups in total. The first-order valence-electron chi connectivity index (χ1n) is 28.3. The molecule has 0 heterocycles. The van der Waals surface area contributed by atoms with Crippen LogP contribution in [0, 0.1) is 0 Å². The number of rotatable bonds is 51. The van der Waals surface area contributed by atoms with Crippen LogP contribution in [0.3, 0.4) is 0 Å². The van der Waals surface area contributed by atoms with E-state index in [0.29, 0.717) is 19.3 Å². The van der Waals surface area contributed by atoms with E-state index >= 15 is 0 Å². The molecule has 0 aliphatic carbocycles. The molecule has 0 aliphatic rings. The molecule has 0 aromatic carbocycles. The molecule has 0 rings (SSSR count). The normalized spacial score (nSPS) is 12.5. The zero-order valence-corrected chi connectivity index (χ0v) is 43.7. The second-order valence-electron chi connectivity index (χ2n) is 18.8. The van der Waals surface area contributed by atoms with Gasteiger partial charge in [-0.2, -0.15) is 0 Å². The molecule has 6 nitrogen and oxygen atoms in total. The van der Waals surface area contributed by atoms with Gasteiger partial charge in [0.05, 0.1) is 0 Å². The van der Waals surface area contributed by atoms with Gasteiger partial charge in [-0.15, -0.1) is 0 Å². The zero-order chi connectivity index (χ0) is 47.9. The van der Waals surface area contributed by atoms with Crippen LogP contribution in [-0.4, -0.2) is 37.2 Å². The maximum Gasteiger partial charge on any atom is 0.306 e. The summed E-state index contributed by atoms with van der Waals surface area (Å²) in [6.45, 7) is 6.50. The maximum absolute atomic E-state index is 12.8. The van der Waals surface area contributed by atoms with Gasteiger partial charge in [0.15, 0.2) is 6.10 Å². The Kier molecular flexibility index (Phi) is 52.3. The lowest BCUT2D eigenvalue weighted by Gasteiger charge is -2.18. The molecule has 1 atom stereocenters. The number of hydrogen-bond acceptors (Lipinski definition) is 6. The monoisotopic (exact) mass is 923 g/mol. The van der Waals surface area contributed by atoms with E-state index in [2.05, 4.69) is 81.5 Å². The summed E-state index contributed by atoms with van der Waals surface area (Å²) in [6.07, 6.45) is 67.9. The van der Waals surface area contributed by atoms with E-state index in [-0.39, 0.29) is 31.1 Å². The summed E-state index contributed by atoms with van der Waals surface area (Å²) in [5.74, 6) is -0.919. The Bertz CT molecular complexity index is 1200. The first kappa shape index (κ1) is 63.1. The van der Waals surface area contributed by atoms with Gasteiger partial charge in [0.2, 0.25) is 0 Å². The molecule has 66 heavy (non-hydrogen) atoms. The third-order valence-corrected chi connectivity index (χ3v) is 12.3. The Hall–Kier alpha value is -2.89. The van der Waals surface area contributed by atoms with Gasteiger partial charge in [-0.3, -0.25) is 14.4 Å². The van der Waals surface area contributed by atoms with Crippen molar-refractivity contribution in [2.45, 2.75) is 290 Å². The minimum Gasteiger partial charge on any atom is -0.462 e. The Labute approximate surface area is 409 Å². The highest BCUT2D eigenvalue weighted by atomic mass is 16.6. The van der Waals surface area contributed by atoms with E-state index in [1.54, 1.807) is 0 Å². The summed E-state index contributed by atoms with van der Waals surface area (Å²) in [6, 6.07) is 0. The number of hydrogen-bond donors (Lipinski definition) is 0. The van der Waals surface area contributed by atoms with Gasteiger partial charge < -0.3 is 14.2 Å². The lowest BCUT2D eigenvalue weighted by atomic mass is 10.0. The SMILES string of the molecule is CC/C=C\C/C=C\C/C=C\C/C=C\CCCCC(=O)OC[C@H](COC(=O)CCCCCCCCCCCCCC)OC(=O)CCCCCCCCCCCCC/C=C\CCCCCCCC. The van der Waals surface area contributed by atoms with Crippen LogP contribution in [0.5, 0.6) is 0 Å². The standard InChI is InChI=1S/C60H106O6/c1-4-7-10-13-16-19-22-25-27-28-29-30-31-32-34-36-39-42-45-48-51-54-60(63)66-57(55-64-58(61)52-49-46-43-40-37-24-21-18-15-12-9-6-3)56-65-59(62)53-50-47-44-41-38-35-33-26-23-20-17-14-11-8-5-2/h8,11,17,20,25-27,33,38,41,57H,4-7,9-10,12-16,18-19,21-24,28-32,34-37,39-40,42-56H2,1-3H3/b11-8-,20-17-,27-25-,33-26-,41-38-/t57-/m0/s1. The molecule has 0 spiro atoms. The Morgan fingerprint density at radius 2 is 0.591 bits per heavy atom. The summed E-state index contributed by atoms with van der Waals surface area (Å²) in [7, 11) is 0. The van der Waals surface area contributed by atoms with Crippen LogP contribution in [0.4, 0.5) is 0 Å². The Morgan fingerprint density at radius 1 is 0.318 bits per heavy atom. The smallest absolute Gasteiger partial charge is 0.306 e. The first-order chi connectivity index (χ1) is 32.5. The summed E-state index contributed by atoms with van der Waals surface area (Å²) in [4.78, 5) is 38.1. The number of esters is 3. The summed E-state index contributed by atoms with van der Waals surface area (Å²) in [5.41, 5.74) is 0. The van der Waals surface area contributed by atoms with E-state index < -0.39 is 6.10 Å². The number of carbonyl (C=O) groups excluding carboxylic acids is 3. The molecule has 0 amide bonds. The van der Waals surface area contributed by atoms with E-state index in [1.165, 1.54) is 161 Å². The molecule has 0 saturated carbocycles. The quantitative estimate of drug-likeness (QED) is 0.0262. The van der Waals surface area contributed by atoms with Crippen LogP contribution in [0.1, 0.15) is 284 Å². The van der Waals surface area contributed by atoms with Crippen molar-refractivity contribution < 1.29 is 28.6 Å². The number of allylic oxidation sites excluding steroid dienone is 10. The third-order valence-electron chi connectivity index (χ3n) is 12.3. The molecule has 0 bridgehead atoms. The Morgan fingerprint density at radius 3 is 0.970 bits per heavy atom. The molecule has 0 fully saturated rings. The van der Waals surface area contributed by atoms with Gasteiger partial charge in [0.25, 0.3) is 0 Å². The topological polar surface area (TPSA) is 78.9 Å². The van der Waals surface area contributed by atoms with Crippen molar-refractivity contribution in [3.63, 3.8) is 0 Å². The molecule has 0 saturated heterocycles. The van der Waals surface area contributed by atoms with E-state index in [9.17, 15) is 14.4 Å². The number of unbranched alkanes of at least 4 members (excludes halogenated alkanes) is 30. The van der Waals surface area contributed by atoms with Gasteiger partial charge in [0.1, 0.15) is 13.2 Å². The van der Waals surface area contributed by atoms with Gasteiger partial charge in [-0.1, -0.05) is 242 Å². The molecule has 0 unspecified atom stereocenters. The minimum atomic E-state index is -0.789. The van der Waals surface area contributed by atoms with E-state index in [4.69, 9.17) is 14.2 Å². The number of carbonyl (C=O) groups is 3. The lowest BCUT2D eigenvalue weighted by molar-refractivity contribution is -0.167. The fourth-order valence-corrected chi connectivity index (χ4v) is 8.02. The Balaban J connectivity index is 4.36. The molecule has 382 valence electrons. The predicted molar refractivity (Wildman–Crippen MR) is 284 cm³/mol. The average Bonchev–Trinajstić information content (AvgIpc) is 3.31. The van der Waals surface area contributed by atoms with E-state index in [0.717, 1.165) is 83.5 Å². The second-order valence-corrected chi connectivity index (χ2v) is 18.8. The van der Waals surface area contributed by atoms with Crippen molar-refractivity contribution in [1.29, 1.82) is 0 Å². The highest BCUT2D eigenvalue weighted by Crippen LogP contribution is 2.16. The van der Waals surface area contributed by atoms with Crippen LogP contribution >= 0.6 is 0 Å². The first-order valence-corrected chi connectivity index (χ1v) is 28.3. The van der Waals surface area contributed by atoms with E-state index in [1.807, 2.05) is 0 Å². The van der Waals surface area contributed by atoms with Crippen LogP contribution in [0.2, 0.25) is 0 Å². The van der Waals surface area contributed by atoms with Crippen molar-refractivity contribution in [2.24, 2.45) is 0 Å². The predicted octanol–water partition coefficient (Wildman–Crippen LogP) is 18.8. The van der Waals surface area contributed by atoms with Crippen molar-refractivity contribution in [1.82, 2.24) is 0 Å². The summed E-state index contributed by atoms with van der Waals surface area (Å²) < 4.78 is 16.8. The molecule has 6 heteroatoms. The fraction of sp³-hybridized carbons (Fsp3) is 0.783. The highest BCUT2D eigenvalue weighted by molar-refractivity contribution is 5.71. The molecule has 0 aliphatic heterocycles. The maximum atomic E-state index is 12.8. The second kappa shape index (κ2) is 54.7. The van der Waals surface area contributed by atoms with Crippen LogP contribution < -0.4 is 0 Å². The van der Waals surface area contributed by atoms with Crippen molar-refractivity contribution in [3.05, 3.63) is 60.8 Å². The molecule has 0 aromatic heterocycles. The third kappa shape index (κ3) is 52.1. The average molecular weight is 924 g/mol. The van der Waals surface area contributed by atoms with Crippen LogP contribution in [0.25, 0.3) is 0 Å². The largest absolute Gasteiger partial charge is 0.462 e. The molecular weight excluding hydrogens is 817 g/mol. The minimum absolute atomic E-state index is 0.0850. The summed E-state index contributed by atoms with van der Waals surface area (Å²) >= 11 is 0. The van der Waals surface area contributed by atoms with Crippen molar-refractivity contribution in [3.8, 4) is 0 Å². The highest BCUT2D eigenvalue weighted by Gasteiger charge is 2.19. The summed E-state index contributed by atoms with van der Waals surface area (Å²) in [5, 5.41) is 0. The van der Waals surface area contributed by atoms with Gasteiger partial charge in [-0.25, -0.2) is 0 Å². The van der Waals surface area contributed by atoms with Gasteiger partial charge in [-0.05, 0) is 83.5 Å².